The fourth-order valence-corrected chi connectivity index (χ4v) is 1.70. The van der Waals surface area contributed by atoms with Crippen LogP contribution < -0.4 is 9.68 Å². The Morgan fingerprint density at radius 2 is 1.28 bits per heavy atom. The van der Waals surface area contributed by atoms with Crippen molar-refractivity contribution in [3.63, 3.8) is 0 Å². The van der Waals surface area contributed by atoms with Crippen molar-refractivity contribution in [1.29, 1.82) is 0 Å². The molecule has 0 amide bonds. The predicted octanol–water partition coefficient (Wildman–Crippen LogP) is -2.51. The average molecular weight is 358 g/mol. The second-order valence-electron chi connectivity index (χ2n) is 4.69. The van der Waals surface area contributed by atoms with Crippen molar-refractivity contribution in [2.75, 3.05) is 6.61 Å². The lowest BCUT2D eigenvalue weighted by atomic mass is 10.1. The van der Waals surface area contributed by atoms with Gasteiger partial charge in [0.1, 0.15) is 6.61 Å². The van der Waals surface area contributed by atoms with Gasteiger partial charge in [-0.05, 0) is 0 Å². The summed E-state index contributed by atoms with van der Waals surface area (Å²) in [6, 6.07) is 4.13. The van der Waals surface area contributed by atoms with Crippen LogP contribution in [-0.2, 0) is 9.59 Å². The summed E-state index contributed by atoms with van der Waals surface area (Å²) in [5.74, 6) is -5.45. The van der Waals surface area contributed by atoms with Gasteiger partial charge in [0.2, 0.25) is 29.3 Å². The first-order valence-corrected chi connectivity index (χ1v) is 6.66. The van der Waals surface area contributed by atoms with Crippen LogP contribution >= 0.6 is 0 Å². The molecule has 6 N–H and O–H groups in total. The molecule has 0 aliphatic heterocycles. The van der Waals surface area contributed by atoms with E-state index in [4.69, 9.17) is 4.84 Å². The van der Waals surface area contributed by atoms with Gasteiger partial charge >= 0.3 is 0 Å². The van der Waals surface area contributed by atoms with Crippen molar-refractivity contribution in [2.45, 2.75) is 12.4 Å². The van der Waals surface area contributed by atoms with Crippen molar-refractivity contribution in [3.05, 3.63) is 24.3 Å². The number of hydrogen-bond acceptors (Lipinski definition) is 10. The summed E-state index contributed by atoms with van der Waals surface area (Å²) in [6.45, 7) is -0.840. The van der Waals surface area contributed by atoms with E-state index in [-0.39, 0.29) is 4.73 Å². The smallest absolute Gasteiger partial charge is 0.289 e. The summed E-state index contributed by atoms with van der Waals surface area (Å²) in [6.07, 6.45) is -4.49. The molecule has 2 unspecified atom stereocenters. The molecule has 0 bridgehead atoms. The van der Waals surface area contributed by atoms with Crippen LogP contribution in [0, 0.1) is 0 Å². The van der Waals surface area contributed by atoms with Crippen LogP contribution in [-0.4, -0.2) is 70.7 Å². The maximum Gasteiger partial charge on any atom is 0.289 e. The van der Waals surface area contributed by atoms with Crippen molar-refractivity contribution >= 4 is 11.6 Å². The first kappa shape index (κ1) is 18.0. The number of Topliss-reactive ketones (excluding diaryl/α,β-unsaturated/α-hetero) is 2. The van der Waals surface area contributed by atoms with Crippen LogP contribution in [0.1, 0.15) is 0 Å². The highest BCUT2D eigenvalue weighted by molar-refractivity contribution is 6.40. The Morgan fingerprint density at radius 1 is 0.840 bits per heavy atom. The molecular formula is C13H14N2O10. The van der Waals surface area contributed by atoms with Crippen LogP contribution in [0.5, 0.6) is 23.5 Å². The van der Waals surface area contributed by atoms with Gasteiger partial charge in [0, 0.05) is 24.3 Å². The average Bonchev–Trinajstić information content (AvgIpc) is 3.07. The fourth-order valence-electron chi connectivity index (χ4n) is 1.70. The lowest BCUT2D eigenvalue weighted by molar-refractivity contribution is -0.167. The Labute approximate surface area is 138 Å². The summed E-state index contributed by atoms with van der Waals surface area (Å²) >= 11 is 0. The number of rotatable bonds is 8. The Hall–Kier alpha value is -3.38. The van der Waals surface area contributed by atoms with E-state index in [2.05, 4.69) is 4.84 Å². The largest absolute Gasteiger partial charge is 0.492 e. The molecule has 12 nitrogen and oxygen atoms in total. The van der Waals surface area contributed by atoms with Gasteiger partial charge in [-0.1, -0.05) is 0 Å². The van der Waals surface area contributed by atoms with Crippen LogP contribution in [0.2, 0.25) is 0 Å². The van der Waals surface area contributed by atoms with Gasteiger partial charge in [-0.2, -0.15) is 0 Å². The molecule has 12 heteroatoms. The number of aliphatic hydroxyl groups is 2. The minimum Gasteiger partial charge on any atom is -0.492 e. The quantitative estimate of drug-likeness (QED) is 0.217. The first-order valence-electron chi connectivity index (χ1n) is 6.66. The maximum absolute atomic E-state index is 11.7. The Balaban J connectivity index is 1.95. The number of hydrogen-bond donors (Lipinski definition) is 6. The minimum absolute atomic E-state index is 0.286. The number of aliphatic hydroxyl groups excluding tert-OH is 2. The zero-order valence-electron chi connectivity index (χ0n) is 12.4. The highest BCUT2D eigenvalue weighted by Crippen LogP contribution is 2.20. The third kappa shape index (κ3) is 3.76. The summed E-state index contributed by atoms with van der Waals surface area (Å²) in [7, 11) is 0. The normalized spacial score (nSPS) is 13.2. The standard InChI is InChI=1S/C13H14N2O10/c16-6(5-24-14-7(17)1-2-8(14)18)11(21)12(22)13(23)25-15-9(19)3-4-10(15)20/h1-4,6,13,16-20,23H,5H2. The van der Waals surface area contributed by atoms with Gasteiger partial charge in [-0.25, -0.2) is 0 Å². The third-order valence-electron chi connectivity index (χ3n) is 2.93. The lowest BCUT2D eigenvalue weighted by Crippen LogP contribution is -2.44. The van der Waals surface area contributed by atoms with Gasteiger partial charge < -0.3 is 40.3 Å². The van der Waals surface area contributed by atoms with Crippen LogP contribution in [0.25, 0.3) is 0 Å². The second-order valence-corrected chi connectivity index (χ2v) is 4.69. The number of carbonyl (C=O) groups is 2. The molecule has 0 saturated heterocycles. The maximum atomic E-state index is 11.7. The SMILES string of the molecule is O=C(C(=O)C(O)On1c(O)ccc1O)C(O)COn1c(O)ccc1O. The highest BCUT2D eigenvalue weighted by atomic mass is 16.8. The van der Waals surface area contributed by atoms with E-state index in [0.29, 0.717) is 4.73 Å². The number of carbonyl (C=O) groups excluding carboxylic acids is 2. The summed E-state index contributed by atoms with van der Waals surface area (Å²) < 4.78 is 0.776. The van der Waals surface area contributed by atoms with E-state index in [1.807, 2.05) is 0 Å². The van der Waals surface area contributed by atoms with E-state index in [0.717, 1.165) is 24.3 Å². The molecule has 2 rings (SSSR count). The molecule has 2 aromatic rings. The first-order chi connectivity index (χ1) is 11.7. The molecule has 0 saturated carbocycles. The summed E-state index contributed by atoms with van der Waals surface area (Å²) in [5.41, 5.74) is 0. The third-order valence-corrected chi connectivity index (χ3v) is 2.93. The topological polar surface area (TPSA) is 184 Å². The van der Waals surface area contributed by atoms with E-state index in [1.54, 1.807) is 0 Å². The van der Waals surface area contributed by atoms with E-state index in [9.17, 15) is 40.2 Å². The fraction of sp³-hybridized carbons (Fsp3) is 0.231. The molecule has 0 fully saturated rings. The van der Waals surface area contributed by atoms with E-state index in [1.165, 1.54) is 0 Å². The molecule has 0 aromatic carbocycles. The highest BCUT2D eigenvalue weighted by Gasteiger charge is 2.32. The molecule has 136 valence electrons. The van der Waals surface area contributed by atoms with Gasteiger partial charge in [0.25, 0.3) is 12.1 Å². The van der Waals surface area contributed by atoms with Crippen LogP contribution in [0.3, 0.4) is 0 Å². The van der Waals surface area contributed by atoms with Gasteiger partial charge in [0.05, 0.1) is 0 Å². The van der Waals surface area contributed by atoms with E-state index >= 15 is 0 Å². The molecule has 0 radical (unpaired) electrons. The zero-order valence-corrected chi connectivity index (χ0v) is 12.4. The molecule has 2 heterocycles. The Kier molecular flexibility index (Phi) is 5.05. The van der Waals surface area contributed by atoms with Crippen LogP contribution in [0.4, 0.5) is 0 Å². The number of aromatic hydroxyl groups is 4. The molecule has 25 heavy (non-hydrogen) atoms. The van der Waals surface area contributed by atoms with Gasteiger partial charge in [-0.3, -0.25) is 9.59 Å². The van der Waals surface area contributed by atoms with Gasteiger partial charge in [0.15, 0.2) is 6.10 Å². The molecule has 0 aliphatic carbocycles. The Bertz CT molecular complexity index is 741. The molecule has 0 aliphatic rings. The van der Waals surface area contributed by atoms with Crippen molar-refractivity contribution in [1.82, 2.24) is 9.46 Å². The van der Waals surface area contributed by atoms with Crippen molar-refractivity contribution in [3.8, 4) is 23.5 Å². The van der Waals surface area contributed by atoms with Gasteiger partial charge in [-0.15, -0.1) is 9.46 Å². The number of nitrogens with zero attached hydrogens (tertiary/aromatic N) is 2. The minimum atomic E-state index is -2.43. The molecule has 0 spiro atoms. The summed E-state index contributed by atoms with van der Waals surface area (Å²) in [4.78, 5) is 32.7. The Morgan fingerprint density at radius 3 is 1.76 bits per heavy atom. The zero-order chi connectivity index (χ0) is 18.7. The lowest BCUT2D eigenvalue weighted by Gasteiger charge is -2.15. The summed E-state index contributed by atoms with van der Waals surface area (Å²) in [5, 5.41) is 56.4. The number of aromatic nitrogens is 2. The monoisotopic (exact) mass is 358 g/mol. The molecule has 2 atom stereocenters. The second kappa shape index (κ2) is 7.02. The molecule has 2 aromatic heterocycles. The number of ketones is 2. The van der Waals surface area contributed by atoms with Crippen LogP contribution in [0.15, 0.2) is 24.3 Å². The molecular weight excluding hydrogens is 344 g/mol. The van der Waals surface area contributed by atoms with Crippen molar-refractivity contribution < 1.29 is 49.9 Å². The van der Waals surface area contributed by atoms with Crippen molar-refractivity contribution in [2.24, 2.45) is 0 Å². The van der Waals surface area contributed by atoms with E-state index < -0.39 is 54.1 Å². The predicted molar refractivity (Wildman–Crippen MR) is 75.6 cm³/mol.